The SMILES string of the molecule is C=CCC1(Nc2ccc(C)cc2C)CC(C)N(C)CC1C. The Kier molecular flexibility index (Phi) is 4.77. The Morgan fingerprint density at radius 1 is 1.38 bits per heavy atom. The molecule has 1 saturated heterocycles. The summed E-state index contributed by atoms with van der Waals surface area (Å²) in [5.74, 6) is 0.595. The van der Waals surface area contributed by atoms with Gasteiger partial charge in [-0.15, -0.1) is 6.58 Å². The van der Waals surface area contributed by atoms with Crippen LogP contribution in [0, 0.1) is 19.8 Å². The molecule has 0 amide bonds. The largest absolute Gasteiger partial charge is 0.379 e. The number of rotatable bonds is 4. The van der Waals surface area contributed by atoms with E-state index >= 15 is 0 Å². The van der Waals surface area contributed by atoms with Crippen LogP contribution in [0.4, 0.5) is 5.69 Å². The maximum Gasteiger partial charge on any atom is 0.0460 e. The Morgan fingerprint density at radius 2 is 2.10 bits per heavy atom. The van der Waals surface area contributed by atoms with Gasteiger partial charge in [0.15, 0.2) is 0 Å². The number of aryl methyl sites for hydroxylation is 2. The van der Waals surface area contributed by atoms with E-state index in [2.05, 4.69) is 75.8 Å². The van der Waals surface area contributed by atoms with Gasteiger partial charge in [-0.1, -0.05) is 30.7 Å². The fourth-order valence-corrected chi connectivity index (χ4v) is 3.66. The van der Waals surface area contributed by atoms with E-state index in [1.807, 2.05) is 0 Å². The third-order valence-corrected chi connectivity index (χ3v) is 5.19. The van der Waals surface area contributed by atoms with Crippen LogP contribution in [0.25, 0.3) is 0 Å². The standard InChI is InChI=1S/C19H30N2/c1-7-10-19(12-17(5)21(6)13-16(19)4)20-18-9-8-14(2)11-15(18)3/h7-9,11,16-17,20H,1,10,12-13H2,2-6H3. The quantitative estimate of drug-likeness (QED) is 0.826. The summed E-state index contributed by atoms with van der Waals surface area (Å²) in [6.45, 7) is 14.2. The summed E-state index contributed by atoms with van der Waals surface area (Å²) in [5, 5.41) is 3.89. The fourth-order valence-electron chi connectivity index (χ4n) is 3.66. The molecule has 0 aromatic heterocycles. The molecule has 1 aromatic rings. The zero-order chi connectivity index (χ0) is 15.6. The van der Waals surface area contributed by atoms with Crippen molar-refractivity contribution in [2.45, 2.75) is 52.1 Å². The van der Waals surface area contributed by atoms with Gasteiger partial charge >= 0.3 is 0 Å². The molecule has 0 radical (unpaired) electrons. The second-order valence-electron chi connectivity index (χ2n) is 6.99. The molecule has 1 N–H and O–H groups in total. The van der Waals surface area contributed by atoms with Gasteiger partial charge in [-0.2, -0.15) is 0 Å². The molecular formula is C19H30N2. The van der Waals surface area contributed by atoms with Gasteiger partial charge in [0, 0.05) is 23.8 Å². The molecule has 1 fully saturated rings. The molecular weight excluding hydrogens is 256 g/mol. The Labute approximate surface area is 130 Å². The van der Waals surface area contributed by atoms with Crippen molar-refractivity contribution in [2.75, 3.05) is 18.9 Å². The molecule has 1 aromatic carbocycles. The van der Waals surface area contributed by atoms with Gasteiger partial charge in [0.1, 0.15) is 0 Å². The molecule has 0 saturated carbocycles. The molecule has 0 bridgehead atoms. The number of hydrogen-bond donors (Lipinski definition) is 1. The molecule has 2 rings (SSSR count). The number of benzene rings is 1. The van der Waals surface area contributed by atoms with Crippen LogP contribution in [0.15, 0.2) is 30.9 Å². The van der Waals surface area contributed by atoms with Crippen LogP contribution < -0.4 is 5.32 Å². The fraction of sp³-hybridized carbons (Fsp3) is 0.579. The van der Waals surface area contributed by atoms with Crippen molar-refractivity contribution in [3.8, 4) is 0 Å². The summed E-state index contributed by atoms with van der Waals surface area (Å²) >= 11 is 0. The van der Waals surface area contributed by atoms with E-state index in [0.29, 0.717) is 12.0 Å². The van der Waals surface area contributed by atoms with E-state index in [-0.39, 0.29) is 5.54 Å². The van der Waals surface area contributed by atoms with Gasteiger partial charge in [-0.3, -0.25) is 0 Å². The predicted molar refractivity (Wildman–Crippen MR) is 93.0 cm³/mol. The smallest absolute Gasteiger partial charge is 0.0460 e. The molecule has 2 heteroatoms. The highest BCUT2D eigenvalue weighted by Gasteiger charge is 2.41. The van der Waals surface area contributed by atoms with E-state index in [1.54, 1.807) is 0 Å². The Balaban J connectivity index is 2.31. The molecule has 0 spiro atoms. The van der Waals surface area contributed by atoms with Crippen molar-refractivity contribution >= 4 is 5.69 Å². The second kappa shape index (κ2) is 6.23. The van der Waals surface area contributed by atoms with Crippen molar-refractivity contribution in [3.05, 3.63) is 42.0 Å². The third kappa shape index (κ3) is 3.32. The Bertz CT molecular complexity index is 508. The van der Waals surface area contributed by atoms with Gasteiger partial charge < -0.3 is 10.2 Å². The highest BCUT2D eigenvalue weighted by atomic mass is 15.2. The van der Waals surface area contributed by atoms with E-state index in [1.165, 1.54) is 16.8 Å². The number of nitrogens with zero attached hydrogens (tertiary/aromatic N) is 1. The summed E-state index contributed by atoms with van der Waals surface area (Å²) in [6, 6.07) is 7.28. The molecule has 1 heterocycles. The summed E-state index contributed by atoms with van der Waals surface area (Å²) in [6.07, 6.45) is 4.24. The van der Waals surface area contributed by atoms with Crippen molar-refractivity contribution in [1.29, 1.82) is 0 Å². The average molecular weight is 286 g/mol. The highest BCUT2D eigenvalue weighted by molar-refractivity contribution is 5.54. The second-order valence-corrected chi connectivity index (χ2v) is 6.99. The summed E-state index contributed by atoms with van der Waals surface area (Å²) in [7, 11) is 2.23. The van der Waals surface area contributed by atoms with E-state index < -0.39 is 0 Å². The normalized spacial score (nSPS) is 30.1. The molecule has 1 aliphatic rings. The highest BCUT2D eigenvalue weighted by Crippen LogP contribution is 2.37. The lowest BCUT2D eigenvalue weighted by Gasteiger charge is -2.50. The van der Waals surface area contributed by atoms with Crippen LogP contribution in [0.5, 0.6) is 0 Å². The maximum atomic E-state index is 4.00. The number of hydrogen-bond acceptors (Lipinski definition) is 2. The average Bonchev–Trinajstić information content (AvgIpc) is 2.40. The summed E-state index contributed by atoms with van der Waals surface area (Å²) < 4.78 is 0. The zero-order valence-corrected chi connectivity index (χ0v) is 14.2. The van der Waals surface area contributed by atoms with Crippen LogP contribution in [0.2, 0.25) is 0 Å². The first kappa shape index (κ1) is 16.1. The molecule has 3 unspecified atom stereocenters. The van der Waals surface area contributed by atoms with Gasteiger partial charge in [0.2, 0.25) is 0 Å². The number of anilines is 1. The number of piperidine rings is 1. The van der Waals surface area contributed by atoms with E-state index in [9.17, 15) is 0 Å². The minimum Gasteiger partial charge on any atom is -0.379 e. The van der Waals surface area contributed by atoms with Crippen molar-refractivity contribution in [3.63, 3.8) is 0 Å². The summed E-state index contributed by atoms with van der Waals surface area (Å²) in [4.78, 5) is 2.47. The molecule has 0 aliphatic carbocycles. The number of likely N-dealkylation sites (tertiary alicyclic amines) is 1. The van der Waals surface area contributed by atoms with Crippen LogP contribution >= 0.6 is 0 Å². The van der Waals surface area contributed by atoms with Crippen molar-refractivity contribution in [2.24, 2.45) is 5.92 Å². The zero-order valence-electron chi connectivity index (χ0n) is 14.2. The Hall–Kier alpha value is -1.28. The number of nitrogens with one attached hydrogen (secondary N) is 1. The lowest BCUT2D eigenvalue weighted by molar-refractivity contribution is 0.0928. The van der Waals surface area contributed by atoms with Gasteiger partial charge in [-0.05, 0) is 58.2 Å². The van der Waals surface area contributed by atoms with Crippen LogP contribution in [-0.4, -0.2) is 30.1 Å². The van der Waals surface area contributed by atoms with Crippen molar-refractivity contribution < 1.29 is 0 Å². The molecule has 21 heavy (non-hydrogen) atoms. The van der Waals surface area contributed by atoms with Gasteiger partial charge in [0.25, 0.3) is 0 Å². The first-order valence-electron chi connectivity index (χ1n) is 8.04. The minimum atomic E-state index is 0.119. The molecule has 3 atom stereocenters. The first-order valence-corrected chi connectivity index (χ1v) is 8.04. The third-order valence-electron chi connectivity index (χ3n) is 5.19. The molecule has 1 aliphatic heterocycles. The minimum absolute atomic E-state index is 0.119. The molecule has 116 valence electrons. The van der Waals surface area contributed by atoms with Gasteiger partial charge in [-0.25, -0.2) is 0 Å². The van der Waals surface area contributed by atoms with E-state index in [0.717, 1.165) is 19.4 Å². The maximum absolute atomic E-state index is 4.00. The van der Waals surface area contributed by atoms with Gasteiger partial charge in [0.05, 0.1) is 0 Å². The van der Waals surface area contributed by atoms with Crippen LogP contribution in [0.3, 0.4) is 0 Å². The predicted octanol–water partition coefficient (Wildman–Crippen LogP) is 4.39. The Morgan fingerprint density at radius 3 is 2.71 bits per heavy atom. The van der Waals surface area contributed by atoms with Crippen LogP contribution in [0.1, 0.15) is 37.8 Å². The lowest BCUT2D eigenvalue weighted by Crippen LogP contribution is -2.57. The van der Waals surface area contributed by atoms with E-state index in [4.69, 9.17) is 0 Å². The monoisotopic (exact) mass is 286 g/mol. The summed E-state index contributed by atoms with van der Waals surface area (Å²) in [5.41, 5.74) is 4.04. The lowest BCUT2D eigenvalue weighted by atomic mass is 9.73. The first-order chi connectivity index (χ1) is 9.88. The van der Waals surface area contributed by atoms with Crippen molar-refractivity contribution in [1.82, 2.24) is 4.90 Å². The van der Waals surface area contributed by atoms with Crippen LogP contribution in [-0.2, 0) is 0 Å². The molecule has 2 nitrogen and oxygen atoms in total. The topological polar surface area (TPSA) is 15.3 Å².